The summed E-state index contributed by atoms with van der Waals surface area (Å²) in [6, 6.07) is 10.9. The molecule has 1 aliphatic carbocycles. The Balaban J connectivity index is 1.81. The highest BCUT2D eigenvalue weighted by atomic mass is 16.5. The molecule has 1 saturated carbocycles. The van der Waals surface area contributed by atoms with E-state index in [1.54, 1.807) is 0 Å². The minimum atomic E-state index is 0.528. The van der Waals surface area contributed by atoms with Gasteiger partial charge in [-0.3, -0.25) is 0 Å². The third-order valence-corrected chi connectivity index (χ3v) is 3.50. The van der Waals surface area contributed by atoms with Crippen LogP contribution in [0.3, 0.4) is 0 Å². The van der Waals surface area contributed by atoms with Gasteiger partial charge in [0.05, 0.1) is 6.10 Å². The maximum Gasteiger partial charge on any atom is 0.0575 e. The molecule has 1 aliphatic rings. The number of hydrogen-bond donors (Lipinski definition) is 0. The summed E-state index contributed by atoms with van der Waals surface area (Å²) in [5.41, 5.74) is 1.51. The molecule has 1 heteroatoms. The van der Waals surface area contributed by atoms with Crippen LogP contribution >= 0.6 is 0 Å². The third kappa shape index (κ3) is 3.08. The highest BCUT2D eigenvalue weighted by molar-refractivity contribution is 5.19. The molecule has 0 aliphatic heterocycles. The van der Waals surface area contributed by atoms with E-state index in [-0.39, 0.29) is 0 Å². The van der Waals surface area contributed by atoms with Gasteiger partial charge in [0.2, 0.25) is 0 Å². The van der Waals surface area contributed by atoms with E-state index < -0.39 is 0 Å². The van der Waals surface area contributed by atoms with E-state index in [0.717, 1.165) is 18.9 Å². The molecule has 1 nitrogen and oxygen atoms in total. The molecule has 0 aromatic heterocycles. The normalized spacial score (nSPS) is 25.6. The molecule has 1 fully saturated rings. The highest BCUT2D eigenvalue weighted by Crippen LogP contribution is 2.33. The Morgan fingerprint density at radius 3 is 2.38 bits per heavy atom. The second kappa shape index (κ2) is 6.05. The van der Waals surface area contributed by atoms with Gasteiger partial charge in [-0.05, 0) is 43.6 Å². The second-order valence-corrected chi connectivity index (χ2v) is 4.76. The number of benzene rings is 1. The summed E-state index contributed by atoms with van der Waals surface area (Å²) in [6.07, 6.45) is 6.72. The molecule has 0 unspecified atom stereocenters. The van der Waals surface area contributed by atoms with E-state index in [4.69, 9.17) is 4.74 Å². The first kappa shape index (κ1) is 11.7. The van der Waals surface area contributed by atoms with Crippen molar-refractivity contribution < 1.29 is 4.74 Å². The van der Waals surface area contributed by atoms with Crippen molar-refractivity contribution in [3.05, 3.63) is 35.9 Å². The number of hydrogen-bond acceptors (Lipinski definition) is 1. The van der Waals surface area contributed by atoms with Crippen LogP contribution in [-0.2, 0) is 4.74 Å². The van der Waals surface area contributed by atoms with Gasteiger partial charge in [0.1, 0.15) is 0 Å². The van der Waals surface area contributed by atoms with Crippen LogP contribution in [0.4, 0.5) is 0 Å². The van der Waals surface area contributed by atoms with E-state index in [9.17, 15) is 0 Å². The Bertz CT molecular complexity index is 286. The van der Waals surface area contributed by atoms with Gasteiger partial charge in [-0.2, -0.15) is 0 Å². The lowest BCUT2D eigenvalue weighted by Gasteiger charge is -2.28. The minimum Gasteiger partial charge on any atom is -0.378 e. The lowest BCUT2D eigenvalue weighted by molar-refractivity contribution is 0.0251. The van der Waals surface area contributed by atoms with Crippen LogP contribution in [0, 0.1) is 0 Å². The van der Waals surface area contributed by atoms with Crippen molar-refractivity contribution in [1.29, 1.82) is 0 Å². The molecule has 1 aromatic carbocycles. The number of ether oxygens (including phenoxy) is 1. The fraction of sp³-hybridized carbons (Fsp3) is 0.600. The third-order valence-electron chi connectivity index (χ3n) is 3.50. The van der Waals surface area contributed by atoms with Crippen LogP contribution in [0.5, 0.6) is 0 Å². The zero-order valence-corrected chi connectivity index (χ0v) is 10.2. The fourth-order valence-corrected chi connectivity index (χ4v) is 2.57. The van der Waals surface area contributed by atoms with Crippen molar-refractivity contribution in [2.45, 2.75) is 51.0 Å². The summed E-state index contributed by atoms with van der Waals surface area (Å²) in [4.78, 5) is 0. The molecule has 0 heterocycles. The standard InChI is InChI=1S/C15H22O/c1-2-12-16-15-10-8-14(9-11-15)13-6-4-3-5-7-13/h3-7,14-15H,2,8-12H2,1H3. The van der Waals surface area contributed by atoms with Gasteiger partial charge in [0.25, 0.3) is 0 Å². The molecule has 0 radical (unpaired) electrons. The summed E-state index contributed by atoms with van der Waals surface area (Å²) in [5.74, 6) is 0.766. The van der Waals surface area contributed by atoms with Crippen molar-refractivity contribution in [2.75, 3.05) is 6.61 Å². The fourth-order valence-electron chi connectivity index (χ4n) is 2.57. The topological polar surface area (TPSA) is 9.23 Å². The quantitative estimate of drug-likeness (QED) is 0.738. The minimum absolute atomic E-state index is 0.528. The van der Waals surface area contributed by atoms with Gasteiger partial charge < -0.3 is 4.74 Å². The lowest BCUT2D eigenvalue weighted by Crippen LogP contribution is -2.21. The Labute approximate surface area is 98.8 Å². The summed E-state index contributed by atoms with van der Waals surface area (Å²) >= 11 is 0. The molecule has 0 amide bonds. The molecular formula is C15H22O. The van der Waals surface area contributed by atoms with E-state index >= 15 is 0 Å². The molecule has 88 valence electrons. The first-order valence-corrected chi connectivity index (χ1v) is 6.56. The predicted octanol–water partition coefficient (Wildman–Crippen LogP) is 4.14. The molecule has 0 N–H and O–H groups in total. The summed E-state index contributed by atoms with van der Waals surface area (Å²) in [5, 5.41) is 0. The largest absolute Gasteiger partial charge is 0.378 e. The van der Waals surface area contributed by atoms with E-state index in [1.165, 1.54) is 31.2 Å². The Hall–Kier alpha value is -0.820. The maximum atomic E-state index is 5.82. The summed E-state index contributed by atoms with van der Waals surface area (Å²) < 4.78 is 5.82. The predicted molar refractivity (Wildman–Crippen MR) is 67.7 cm³/mol. The van der Waals surface area contributed by atoms with E-state index in [0.29, 0.717) is 6.10 Å². The SMILES string of the molecule is CCCOC1CCC(c2ccccc2)CC1. The van der Waals surface area contributed by atoms with Crippen LogP contribution in [0.25, 0.3) is 0 Å². The van der Waals surface area contributed by atoms with Gasteiger partial charge in [-0.15, -0.1) is 0 Å². The molecule has 0 saturated heterocycles. The van der Waals surface area contributed by atoms with Crippen LogP contribution in [0.1, 0.15) is 50.5 Å². The van der Waals surface area contributed by atoms with Crippen LogP contribution in [-0.4, -0.2) is 12.7 Å². The lowest BCUT2D eigenvalue weighted by atomic mass is 9.83. The zero-order valence-electron chi connectivity index (χ0n) is 10.2. The molecule has 16 heavy (non-hydrogen) atoms. The van der Waals surface area contributed by atoms with Crippen LogP contribution < -0.4 is 0 Å². The first-order valence-electron chi connectivity index (χ1n) is 6.56. The van der Waals surface area contributed by atoms with Crippen molar-refractivity contribution in [3.63, 3.8) is 0 Å². The molecule has 0 atom stereocenters. The first-order chi connectivity index (χ1) is 7.90. The van der Waals surface area contributed by atoms with Crippen molar-refractivity contribution in [2.24, 2.45) is 0 Å². The molecular weight excluding hydrogens is 196 g/mol. The Morgan fingerprint density at radius 2 is 1.75 bits per heavy atom. The summed E-state index contributed by atoms with van der Waals surface area (Å²) in [6.45, 7) is 3.11. The molecule has 1 aromatic rings. The van der Waals surface area contributed by atoms with E-state index in [2.05, 4.69) is 37.3 Å². The molecule has 2 rings (SSSR count). The van der Waals surface area contributed by atoms with Gasteiger partial charge in [-0.25, -0.2) is 0 Å². The van der Waals surface area contributed by atoms with Crippen LogP contribution in [0.2, 0.25) is 0 Å². The average molecular weight is 218 g/mol. The maximum absolute atomic E-state index is 5.82. The van der Waals surface area contributed by atoms with Crippen molar-refractivity contribution in [3.8, 4) is 0 Å². The van der Waals surface area contributed by atoms with Gasteiger partial charge >= 0.3 is 0 Å². The van der Waals surface area contributed by atoms with Gasteiger partial charge in [0, 0.05) is 6.61 Å². The molecule has 0 spiro atoms. The summed E-state index contributed by atoms with van der Waals surface area (Å²) in [7, 11) is 0. The smallest absolute Gasteiger partial charge is 0.0575 e. The van der Waals surface area contributed by atoms with Gasteiger partial charge in [0.15, 0.2) is 0 Å². The van der Waals surface area contributed by atoms with Crippen molar-refractivity contribution in [1.82, 2.24) is 0 Å². The van der Waals surface area contributed by atoms with Gasteiger partial charge in [-0.1, -0.05) is 37.3 Å². The second-order valence-electron chi connectivity index (χ2n) is 4.76. The zero-order chi connectivity index (χ0) is 11.2. The number of rotatable bonds is 4. The molecule has 0 bridgehead atoms. The average Bonchev–Trinajstić information content (AvgIpc) is 2.38. The van der Waals surface area contributed by atoms with Crippen molar-refractivity contribution >= 4 is 0 Å². The highest BCUT2D eigenvalue weighted by Gasteiger charge is 2.22. The van der Waals surface area contributed by atoms with E-state index in [1.807, 2.05) is 0 Å². The Kier molecular flexibility index (Phi) is 4.41. The monoisotopic (exact) mass is 218 g/mol. The van der Waals surface area contributed by atoms with Crippen LogP contribution in [0.15, 0.2) is 30.3 Å². The Morgan fingerprint density at radius 1 is 1.06 bits per heavy atom.